The Balaban J connectivity index is 1.49. The zero-order valence-electron chi connectivity index (χ0n) is 12.6. The monoisotopic (exact) mass is 313 g/mol. The van der Waals surface area contributed by atoms with Gasteiger partial charge in [0.15, 0.2) is 0 Å². The molecule has 1 spiro atoms. The number of hydrogen-bond donors (Lipinski definition) is 2. The molecule has 2 amide bonds. The molecular weight excluding hydrogens is 294 g/mol. The Hall–Kier alpha value is -1.85. The lowest BCUT2D eigenvalue weighted by Crippen LogP contribution is -2.68. The molecule has 5 heteroatoms. The number of hydrogen-bond acceptors (Lipinski definition) is 3. The van der Waals surface area contributed by atoms with Gasteiger partial charge in [-0.1, -0.05) is 24.3 Å². The number of rotatable bonds is 3. The maximum atomic E-state index is 11.3. The fourth-order valence-electron chi connectivity index (χ4n) is 3.41. The highest BCUT2D eigenvalue weighted by molar-refractivity contribution is 7.15. The van der Waals surface area contributed by atoms with E-state index in [-0.39, 0.29) is 11.6 Å². The molecule has 0 atom stereocenters. The summed E-state index contributed by atoms with van der Waals surface area (Å²) in [7, 11) is 0. The number of thiophene rings is 1. The molecule has 0 unspecified atom stereocenters. The van der Waals surface area contributed by atoms with E-state index in [0.29, 0.717) is 0 Å². The van der Waals surface area contributed by atoms with Gasteiger partial charge in [0.1, 0.15) is 0 Å². The van der Waals surface area contributed by atoms with Crippen LogP contribution in [0.5, 0.6) is 0 Å². The SMILES string of the molecule is Cc1ccc(-c2ccccc2CN2CC3(CNC(=O)N3)C2)s1. The van der Waals surface area contributed by atoms with Crippen LogP contribution in [-0.2, 0) is 6.54 Å². The molecule has 0 radical (unpaired) electrons. The van der Waals surface area contributed by atoms with Crippen LogP contribution in [-0.4, -0.2) is 36.1 Å². The normalized spacial score (nSPS) is 19.8. The third-order valence-corrected chi connectivity index (χ3v) is 5.47. The second kappa shape index (κ2) is 5.11. The third kappa shape index (κ3) is 2.40. The van der Waals surface area contributed by atoms with E-state index < -0.39 is 0 Å². The first-order valence-corrected chi connectivity index (χ1v) is 8.38. The van der Waals surface area contributed by atoms with Gasteiger partial charge >= 0.3 is 6.03 Å². The molecule has 2 aliphatic rings. The lowest BCUT2D eigenvalue weighted by molar-refractivity contribution is 0.0597. The van der Waals surface area contributed by atoms with Crippen LogP contribution in [0.4, 0.5) is 4.79 Å². The molecule has 2 fully saturated rings. The second-order valence-corrected chi connectivity index (χ2v) is 7.59. The fourth-order valence-corrected chi connectivity index (χ4v) is 4.34. The van der Waals surface area contributed by atoms with E-state index in [4.69, 9.17) is 0 Å². The minimum atomic E-state index is -0.0362. The molecule has 114 valence electrons. The molecule has 1 aromatic heterocycles. The maximum absolute atomic E-state index is 11.3. The number of aryl methyl sites for hydroxylation is 1. The van der Waals surface area contributed by atoms with Crippen molar-refractivity contribution >= 4 is 17.4 Å². The van der Waals surface area contributed by atoms with Gasteiger partial charge in [0.25, 0.3) is 0 Å². The van der Waals surface area contributed by atoms with Crippen molar-refractivity contribution in [2.24, 2.45) is 0 Å². The van der Waals surface area contributed by atoms with E-state index in [2.05, 4.69) is 58.9 Å². The molecule has 2 aliphatic heterocycles. The highest BCUT2D eigenvalue weighted by atomic mass is 32.1. The van der Waals surface area contributed by atoms with Gasteiger partial charge < -0.3 is 10.6 Å². The quantitative estimate of drug-likeness (QED) is 0.915. The zero-order valence-corrected chi connectivity index (χ0v) is 13.4. The summed E-state index contributed by atoms with van der Waals surface area (Å²) < 4.78 is 0. The largest absolute Gasteiger partial charge is 0.336 e. The van der Waals surface area contributed by atoms with Crippen LogP contribution in [0.2, 0.25) is 0 Å². The number of amides is 2. The van der Waals surface area contributed by atoms with E-state index in [1.165, 1.54) is 20.9 Å². The molecule has 0 aliphatic carbocycles. The number of benzene rings is 1. The summed E-state index contributed by atoms with van der Waals surface area (Å²) >= 11 is 1.84. The van der Waals surface area contributed by atoms with Crippen molar-refractivity contribution < 1.29 is 4.79 Å². The Kier molecular flexibility index (Phi) is 3.20. The number of nitrogens with one attached hydrogen (secondary N) is 2. The maximum Gasteiger partial charge on any atom is 0.315 e. The first-order chi connectivity index (χ1) is 10.6. The van der Waals surface area contributed by atoms with Crippen LogP contribution < -0.4 is 10.6 Å². The molecule has 4 rings (SSSR count). The minimum absolute atomic E-state index is 0.0332. The molecule has 4 nitrogen and oxygen atoms in total. The third-order valence-electron chi connectivity index (χ3n) is 4.44. The van der Waals surface area contributed by atoms with Crippen LogP contribution in [0.1, 0.15) is 10.4 Å². The summed E-state index contributed by atoms with van der Waals surface area (Å²) in [5, 5.41) is 5.90. The number of urea groups is 1. The molecular formula is C17H19N3OS. The lowest BCUT2D eigenvalue weighted by Gasteiger charge is -2.47. The van der Waals surface area contributed by atoms with Gasteiger partial charge in [0, 0.05) is 35.9 Å². The summed E-state index contributed by atoms with van der Waals surface area (Å²) in [6.07, 6.45) is 0. The van der Waals surface area contributed by atoms with Gasteiger partial charge in [-0.3, -0.25) is 4.90 Å². The Morgan fingerprint density at radius 1 is 1.23 bits per heavy atom. The van der Waals surface area contributed by atoms with Gasteiger partial charge in [0.05, 0.1) is 5.54 Å². The van der Waals surface area contributed by atoms with E-state index in [0.717, 1.165) is 26.2 Å². The highest BCUT2D eigenvalue weighted by Crippen LogP contribution is 2.33. The van der Waals surface area contributed by atoms with Crippen molar-refractivity contribution in [3.8, 4) is 10.4 Å². The number of carbonyl (C=O) groups excluding carboxylic acids is 1. The van der Waals surface area contributed by atoms with Crippen LogP contribution in [0.15, 0.2) is 36.4 Å². The zero-order chi connectivity index (χ0) is 15.2. The molecule has 22 heavy (non-hydrogen) atoms. The van der Waals surface area contributed by atoms with Gasteiger partial charge in [-0.25, -0.2) is 4.79 Å². The Morgan fingerprint density at radius 2 is 2.05 bits per heavy atom. The molecule has 0 saturated carbocycles. The molecule has 1 aromatic carbocycles. The standard InChI is InChI=1S/C17H19N3OS/c1-12-6-7-15(22-12)14-5-3-2-4-13(14)8-20-10-17(11-20)9-18-16(21)19-17/h2-7H,8-11H2,1H3,(H2,18,19,21). The van der Waals surface area contributed by atoms with Crippen molar-refractivity contribution in [2.45, 2.75) is 19.0 Å². The molecule has 0 bridgehead atoms. The number of likely N-dealkylation sites (tertiary alicyclic amines) is 1. The average molecular weight is 313 g/mol. The van der Waals surface area contributed by atoms with Crippen LogP contribution in [0, 0.1) is 6.92 Å². The summed E-state index contributed by atoms with van der Waals surface area (Å²) in [6, 6.07) is 13.0. The van der Waals surface area contributed by atoms with Crippen molar-refractivity contribution in [3.63, 3.8) is 0 Å². The Morgan fingerprint density at radius 3 is 2.73 bits per heavy atom. The topological polar surface area (TPSA) is 44.4 Å². The van der Waals surface area contributed by atoms with Crippen molar-refractivity contribution in [1.29, 1.82) is 0 Å². The van der Waals surface area contributed by atoms with Crippen LogP contribution >= 0.6 is 11.3 Å². The van der Waals surface area contributed by atoms with E-state index in [9.17, 15) is 4.79 Å². The summed E-state index contributed by atoms with van der Waals surface area (Å²) in [5.74, 6) is 0. The summed E-state index contributed by atoms with van der Waals surface area (Å²) in [4.78, 5) is 16.4. The lowest BCUT2D eigenvalue weighted by atomic mass is 9.90. The minimum Gasteiger partial charge on any atom is -0.336 e. The first kappa shape index (κ1) is 13.8. The average Bonchev–Trinajstić information content (AvgIpc) is 3.06. The van der Waals surface area contributed by atoms with Gasteiger partial charge in [-0.05, 0) is 30.2 Å². The van der Waals surface area contributed by atoms with Gasteiger partial charge in [-0.2, -0.15) is 0 Å². The molecule has 3 heterocycles. The smallest absolute Gasteiger partial charge is 0.315 e. The predicted molar refractivity (Wildman–Crippen MR) is 89.0 cm³/mol. The van der Waals surface area contributed by atoms with E-state index in [1.807, 2.05) is 11.3 Å². The van der Waals surface area contributed by atoms with Crippen molar-refractivity contribution in [2.75, 3.05) is 19.6 Å². The van der Waals surface area contributed by atoms with Crippen LogP contribution in [0.3, 0.4) is 0 Å². The molecule has 2 N–H and O–H groups in total. The van der Waals surface area contributed by atoms with Gasteiger partial charge in [-0.15, -0.1) is 11.3 Å². The Bertz CT molecular complexity index is 718. The predicted octanol–water partition coefficient (Wildman–Crippen LogP) is 2.59. The van der Waals surface area contributed by atoms with Crippen molar-refractivity contribution in [1.82, 2.24) is 15.5 Å². The fraction of sp³-hybridized carbons (Fsp3) is 0.353. The molecule has 2 saturated heterocycles. The number of nitrogens with zero attached hydrogens (tertiary/aromatic N) is 1. The highest BCUT2D eigenvalue weighted by Gasteiger charge is 2.47. The van der Waals surface area contributed by atoms with E-state index in [1.54, 1.807) is 0 Å². The van der Waals surface area contributed by atoms with Crippen molar-refractivity contribution in [3.05, 3.63) is 46.8 Å². The number of carbonyl (C=O) groups is 1. The second-order valence-electron chi connectivity index (χ2n) is 6.30. The van der Waals surface area contributed by atoms with E-state index >= 15 is 0 Å². The van der Waals surface area contributed by atoms with Crippen LogP contribution in [0.25, 0.3) is 10.4 Å². The molecule has 2 aromatic rings. The Labute approximate surface area is 134 Å². The summed E-state index contributed by atoms with van der Waals surface area (Å²) in [6.45, 7) is 5.66. The summed E-state index contributed by atoms with van der Waals surface area (Å²) in [5.41, 5.74) is 2.65. The van der Waals surface area contributed by atoms with Gasteiger partial charge in [0.2, 0.25) is 0 Å². The first-order valence-electron chi connectivity index (χ1n) is 7.57.